The zero-order valence-corrected chi connectivity index (χ0v) is 19.3. The fourth-order valence-corrected chi connectivity index (χ4v) is 5.26. The average molecular weight is 509 g/mol. The number of hydrogen-bond acceptors (Lipinski definition) is 5. The molecule has 34 heavy (non-hydrogen) atoms. The normalized spacial score (nSPS) is 13.2. The number of rotatable bonds is 5. The summed E-state index contributed by atoms with van der Waals surface area (Å²) < 4.78 is 80.8. The lowest BCUT2D eigenvalue weighted by Gasteiger charge is -2.17. The summed E-state index contributed by atoms with van der Waals surface area (Å²) in [6, 6.07) is 6.86. The Hall–Kier alpha value is -3.27. The Labute approximate surface area is 196 Å². The van der Waals surface area contributed by atoms with Crippen molar-refractivity contribution in [2.45, 2.75) is 31.0 Å². The molecular weight excluding hydrogens is 492 g/mol. The molecule has 0 spiro atoms. The van der Waals surface area contributed by atoms with E-state index in [-0.39, 0.29) is 11.3 Å². The fourth-order valence-electron chi connectivity index (χ4n) is 3.47. The SMILES string of the molecule is Cc1cc2c(cc1F)c(C#N)c(-c1ccc(S(=O)(=O)NC(C)C(F)(F)F)cn1)n2-c1ccsc1. The molecule has 12 heteroatoms. The van der Waals surface area contributed by atoms with Crippen molar-refractivity contribution >= 4 is 32.3 Å². The van der Waals surface area contributed by atoms with Crippen LogP contribution >= 0.6 is 11.3 Å². The number of fused-ring (bicyclic) bond motifs is 1. The van der Waals surface area contributed by atoms with Gasteiger partial charge in [-0.15, -0.1) is 0 Å². The molecule has 176 valence electrons. The van der Waals surface area contributed by atoms with Crippen LogP contribution in [-0.2, 0) is 10.0 Å². The summed E-state index contributed by atoms with van der Waals surface area (Å²) in [4.78, 5) is 3.67. The minimum absolute atomic E-state index is 0.132. The lowest BCUT2D eigenvalue weighted by Crippen LogP contribution is -2.42. The van der Waals surface area contributed by atoms with Crippen LogP contribution in [0.1, 0.15) is 18.1 Å². The van der Waals surface area contributed by atoms with Crippen molar-refractivity contribution in [1.82, 2.24) is 14.3 Å². The highest BCUT2D eigenvalue weighted by Crippen LogP contribution is 2.37. The van der Waals surface area contributed by atoms with Crippen LogP contribution in [0.2, 0.25) is 0 Å². The van der Waals surface area contributed by atoms with Gasteiger partial charge in [-0.25, -0.2) is 12.8 Å². The molecule has 0 radical (unpaired) electrons. The highest BCUT2D eigenvalue weighted by Gasteiger charge is 2.39. The van der Waals surface area contributed by atoms with E-state index in [1.54, 1.807) is 28.3 Å². The maximum absolute atomic E-state index is 14.3. The summed E-state index contributed by atoms with van der Waals surface area (Å²) in [6.45, 7) is 2.29. The number of hydrogen-bond donors (Lipinski definition) is 1. The molecule has 1 atom stereocenters. The summed E-state index contributed by atoms with van der Waals surface area (Å²) in [6.07, 6.45) is -3.83. The number of nitrogens with one attached hydrogen (secondary N) is 1. The van der Waals surface area contributed by atoms with Crippen LogP contribution < -0.4 is 4.72 Å². The standard InChI is InChI=1S/C22H16F4N4O2S2/c1-12-7-20-16(8-18(12)23)17(9-27)21(30(20)14-5-6-33-11-14)19-4-3-15(10-28-19)34(31,32)29-13(2)22(24,25)26/h3-8,10-11,13,29H,1-2H3. The van der Waals surface area contributed by atoms with Crippen molar-refractivity contribution in [2.24, 2.45) is 0 Å². The predicted molar refractivity (Wildman–Crippen MR) is 120 cm³/mol. The molecule has 1 N–H and O–H groups in total. The first kappa shape index (κ1) is 23.9. The first-order chi connectivity index (χ1) is 15.9. The molecule has 4 aromatic rings. The molecule has 0 aliphatic carbocycles. The molecule has 0 amide bonds. The van der Waals surface area contributed by atoms with E-state index in [0.717, 1.165) is 12.3 Å². The molecule has 0 aliphatic heterocycles. The number of benzene rings is 1. The van der Waals surface area contributed by atoms with Crippen LogP contribution in [0.25, 0.3) is 28.0 Å². The van der Waals surface area contributed by atoms with E-state index in [9.17, 15) is 31.2 Å². The first-order valence-corrected chi connectivity index (χ1v) is 12.2. The Bertz CT molecular complexity index is 1520. The maximum atomic E-state index is 14.3. The smallest absolute Gasteiger partial charge is 0.306 e. The maximum Gasteiger partial charge on any atom is 0.404 e. The van der Waals surface area contributed by atoms with Gasteiger partial charge in [-0.3, -0.25) is 4.98 Å². The molecule has 1 aromatic carbocycles. The topological polar surface area (TPSA) is 87.8 Å². The second kappa shape index (κ2) is 8.50. The molecule has 0 saturated carbocycles. The molecule has 4 rings (SSSR count). The predicted octanol–water partition coefficient (Wildman–Crippen LogP) is 5.30. The summed E-state index contributed by atoms with van der Waals surface area (Å²) in [5.41, 5.74) is 2.25. The first-order valence-electron chi connectivity index (χ1n) is 9.76. The molecule has 0 bridgehead atoms. The Morgan fingerprint density at radius 1 is 1.24 bits per heavy atom. The number of sulfonamides is 1. The van der Waals surface area contributed by atoms with Crippen LogP contribution in [0.15, 0.2) is 52.2 Å². The van der Waals surface area contributed by atoms with E-state index < -0.39 is 33.0 Å². The number of aryl methyl sites for hydroxylation is 1. The van der Waals surface area contributed by atoms with Gasteiger partial charge in [0.15, 0.2) is 0 Å². The van der Waals surface area contributed by atoms with Crippen molar-refractivity contribution in [2.75, 3.05) is 0 Å². The molecule has 3 aromatic heterocycles. The number of nitriles is 1. The van der Waals surface area contributed by atoms with Crippen LogP contribution in [0.3, 0.4) is 0 Å². The minimum Gasteiger partial charge on any atom is -0.306 e. The van der Waals surface area contributed by atoms with Crippen LogP contribution in [0.4, 0.5) is 17.6 Å². The number of thiophene rings is 1. The number of halogens is 4. The third-order valence-corrected chi connectivity index (χ3v) is 7.43. The molecule has 6 nitrogen and oxygen atoms in total. The summed E-state index contributed by atoms with van der Waals surface area (Å²) >= 11 is 1.41. The van der Waals surface area contributed by atoms with Crippen molar-refractivity contribution in [1.29, 1.82) is 5.26 Å². The zero-order chi connectivity index (χ0) is 24.8. The van der Waals surface area contributed by atoms with Crippen LogP contribution in [-0.4, -0.2) is 30.2 Å². The second-order valence-electron chi connectivity index (χ2n) is 7.53. The molecule has 3 heterocycles. The Morgan fingerprint density at radius 3 is 2.53 bits per heavy atom. The molecule has 1 unspecified atom stereocenters. The average Bonchev–Trinajstić information content (AvgIpc) is 3.39. The van der Waals surface area contributed by atoms with E-state index in [2.05, 4.69) is 11.1 Å². The lowest BCUT2D eigenvalue weighted by molar-refractivity contribution is -0.147. The Morgan fingerprint density at radius 2 is 1.97 bits per heavy atom. The highest BCUT2D eigenvalue weighted by atomic mass is 32.2. The van der Waals surface area contributed by atoms with Gasteiger partial charge >= 0.3 is 6.18 Å². The van der Waals surface area contributed by atoms with Gasteiger partial charge in [0.2, 0.25) is 10.0 Å². The van der Waals surface area contributed by atoms with Crippen molar-refractivity contribution in [3.8, 4) is 23.1 Å². The molecule has 0 saturated heterocycles. The van der Waals surface area contributed by atoms with E-state index >= 15 is 0 Å². The van der Waals surface area contributed by atoms with Crippen LogP contribution in [0, 0.1) is 24.1 Å². The summed E-state index contributed by atoms with van der Waals surface area (Å²) in [5.74, 6) is -0.489. The van der Waals surface area contributed by atoms with Gasteiger partial charge in [0.1, 0.15) is 22.8 Å². The van der Waals surface area contributed by atoms with E-state index in [1.165, 1.54) is 23.5 Å². The van der Waals surface area contributed by atoms with Gasteiger partial charge < -0.3 is 4.57 Å². The zero-order valence-electron chi connectivity index (χ0n) is 17.7. The van der Waals surface area contributed by atoms with Gasteiger partial charge in [-0.2, -0.15) is 34.5 Å². The Kier molecular flexibility index (Phi) is 5.97. The summed E-state index contributed by atoms with van der Waals surface area (Å²) in [7, 11) is -4.50. The van der Waals surface area contributed by atoms with Crippen molar-refractivity contribution < 1.29 is 26.0 Å². The number of aromatic nitrogens is 2. The highest BCUT2D eigenvalue weighted by molar-refractivity contribution is 7.89. The summed E-state index contributed by atoms with van der Waals surface area (Å²) in [5, 5.41) is 13.9. The van der Waals surface area contributed by atoms with Crippen LogP contribution in [0.5, 0.6) is 0 Å². The van der Waals surface area contributed by atoms with E-state index in [4.69, 9.17) is 0 Å². The van der Waals surface area contributed by atoms with Crippen molar-refractivity contribution in [3.05, 3.63) is 64.2 Å². The third kappa shape index (κ3) is 4.18. The lowest BCUT2D eigenvalue weighted by atomic mass is 10.1. The van der Waals surface area contributed by atoms with Gasteiger partial charge in [-0.05, 0) is 55.1 Å². The van der Waals surface area contributed by atoms with Gasteiger partial charge in [0.25, 0.3) is 0 Å². The largest absolute Gasteiger partial charge is 0.404 e. The Balaban J connectivity index is 1.88. The molecule has 0 fully saturated rings. The monoisotopic (exact) mass is 508 g/mol. The molecule has 0 aliphatic rings. The third-order valence-electron chi connectivity index (χ3n) is 5.24. The van der Waals surface area contributed by atoms with E-state index in [0.29, 0.717) is 34.8 Å². The molecular formula is C22H16F4N4O2S2. The van der Waals surface area contributed by atoms with Gasteiger partial charge in [-0.1, -0.05) is 0 Å². The van der Waals surface area contributed by atoms with Gasteiger partial charge in [0, 0.05) is 17.0 Å². The number of pyridine rings is 1. The quantitative estimate of drug-likeness (QED) is 0.371. The second-order valence-corrected chi connectivity index (χ2v) is 10.0. The van der Waals surface area contributed by atoms with Crippen molar-refractivity contribution in [3.63, 3.8) is 0 Å². The minimum atomic E-state index is -4.75. The number of nitrogens with zero attached hydrogens (tertiary/aromatic N) is 3. The fraction of sp³-hybridized carbons (Fsp3) is 0.182. The number of alkyl halides is 3. The van der Waals surface area contributed by atoms with Gasteiger partial charge in [0.05, 0.1) is 28.2 Å². The van der Waals surface area contributed by atoms with E-state index in [1.807, 2.05) is 10.8 Å².